The molecule has 0 saturated carbocycles. The van der Waals surface area contributed by atoms with Crippen molar-refractivity contribution in [3.8, 4) is 0 Å². The smallest absolute Gasteiger partial charge is 0.261 e. The Labute approximate surface area is 158 Å². The summed E-state index contributed by atoms with van der Waals surface area (Å²) in [7, 11) is 0. The maximum atomic E-state index is 13.0. The maximum Gasteiger partial charge on any atom is 0.261 e. The number of aryl methyl sites for hydroxylation is 1. The summed E-state index contributed by atoms with van der Waals surface area (Å²) in [5, 5.41) is 3.13. The molecule has 2 atom stereocenters. The average Bonchev–Trinajstić information content (AvgIpc) is 2.66. The van der Waals surface area contributed by atoms with Gasteiger partial charge < -0.3 is 16.0 Å². The van der Waals surface area contributed by atoms with Crippen LogP contribution in [0.1, 0.15) is 71.7 Å². The molecule has 27 heavy (non-hydrogen) atoms. The van der Waals surface area contributed by atoms with Crippen LogP contribution in [0, 0.1) is 0 Å². The molecule has 0 aliphatic heterocycles. The minimum absolute atomic E-state index is 0.0345. The van der Waals surface area contributed by atoms with Gasteiger partial charge in [-0.05, 0) is 42.9 Å². The molecular formula is C21H25N3O3. The minimum Gasteiger partial charge on any atom is -0.365 e. The molecule has 1 aliphatic rings. The summed E-state index contributed by atoms with van der Waals surface area (Å²) in [6, 6.07) is 11.0. The fourth-order valence-corrected chi connectivity index (χ4v) is 3.77. The molecule has 2 amide bonds. The molecule has 0 fully saturated rings. The zero-order valence-electron chi connectivity index (χ0n) is 15.5. The van der Waals surface area contributed by atoms with E-state index < -0.39 is 11.5 Å². The molecule has 0 radical (unpaired) electrons. The Hall–Kier alpha value is -2.89. The van der Waals surface area contributed by atoms with Gasteiger partial charge in [-0.25, -0.2) is 0 Å². The Bertz CT molecular complexity index is 889. The topological polar surface area (TPSA) is 105 Å². The lowest BCUT2D eigenvalue weighted by atomic mass is 9.88. The molecule has 1 aromatic carbocycles. The Kier molecular flexibility index (Phi) is 5.74. The third kappa shape index (κ3) is 4.10. The molecule has 3 rings (SSSR count). The van der Waals surface area contributed by atoms with Gasteiger partial charge in [-0.15, -0.1) is 0 Å². The number of primary amides is 1. The van der Waals surface area contributed by atoms with Crippen molar-refractivity contribution in [3.05, 3.63) is 69.1 Å². The van der Waals surface area contributed by atoms with Gasteiger partial charge in [0, 0.05) is 5.69 Å². The highest BCUT2D eigenvalue weighted by atomic mass is 16.2. The van der Waals surface area contributed by atoms with Crippen LogP contribution in [-0.4, -0.2) is 16.8 Å². The van der Waals surface area contributed by atoms with Crippen LogP contribution in [0.3, 0.4) is 0 Å². The highest BCUT2D eigenvalue weighted by Crippen LogP contribution is 2.30. The lowest BCUT2D eigenvalue weighted by Crippen LogP contribution is -2.36. The number of aromatic nitrogens is 1. The summed E-state index contributed by atoms with van der Waals surface area (Å²) < 4.78 is 0. The van der Waals surface area contributed by atoms with E-state index in [1.807, 2.05) is 30.3 Å². The lowest BCUT2D eigenvalue weighted by Gasteiger charge is -2.28. The van der Waals surface area contributed by atoms with Crippen LogP contribution in [0.25, 0.3) is 0 Å². The van der Waals surface area contributed by atoms with E-state index in [1.54, 1.807) is 0 Å². The first kappa shape index (κ1) is 18.9. The first-order valence-electron chi connectivity index (χ1n) is 9.42. The molecule has 2 aromatic rings. The van der Waals surface area contributed by atoms with E-state index in [2.05, 4.69) is 17.2 Å². The van der Waals surface area contributed by atoms with Crippen LogP contribution in [0.4, 0.5) is 0 Å². The SMILES string of the molecule is CCCC(C(=O)NC1CCCc2[nH]c(=O)c(C(N)=O)cc21)c1ccccc1. The Morgan fingerprint density at radius 3 is 2.70 bits per heavy atom. The fraction of sp³-hybridized carbons (Fsp3) is 0.381. The van der Waals surface area contributed by atoms with Crippen LogP contribution in [0.2, 0.25) is 0 Å². The summed E-state index contributed by atoms with van der Waals surface area (Å²) in [6.45, 7) is 2.06. The summed E-state index contributed by atoms with van der Waals surface area (Å²) >= 11 is 0. The minimum atomic E-state index is -0.761. The highest BCUT2D eigenvalue weighted by molar-refractivity contribution is 5.92. The highest BCUT2D eigenvalue weighted by Gasteiger charge is 2.28. The van der Waals surface area contributed by atoms with Crippen molar-refractivity contribution in [3.63, 3.8) is 0 Å². The largest absolute Gasteiger partial charge is 0.365 e. The first-order valence-corrected chi connectivity index (χ1v) is 9.42. The number of rotatable bonds is 6. The molecule has 1 aliphatic carbocycles. The van der Waals surface area contributed by atoms with Crippen molar-refractivity contribution in [1.82, 2.24) is 10.3 Å². The average molecular weight is 367 g/mol. The van der Waals surface area contributed by atoms with Gasteiger partial charge in [0.2, 0.25) is 5.91 Å². The van der Waals surface area contributed by atoms with Crippen molar-refractivity contribution in [2.24, 2.45) is 5.73 Å². The van der Waals surface area contributed by atoms with Crippen LogP contribution in [0.5, 0.6) is 0 Å². The van der Waals surface area contributed by atoms with Crippen LogP contribution >= 0.6 is 0 Å². The van der Waals surface area contributed by atoms with Crippen molar-refractivity contribution >= 4 is 11.8 Å². The van der Waals surface area contributed by atoms with E-state index in [0.717, 1.165) is 42.5 Å². The van der Waals surface area contributed by atoms with E-state index in [4.69, 9.17) is 5.73 Å². The Morgan fingerprint density at radius 1 is 1.30 bits per heavy atom. The zero-order valence-corrected chi connectivity index (χ0v) is 15.5. The number of carbonyl (C=O) groups is 2. The number of hydrogen-bond donors (Lipinski definition) is 3. The summed E-state index contributed by atoms with van der Waals surface area (Å²) in [5.41, 5.74) is 7.32. The standard InChI is InChI=1S/C21H25N3O3/c1-2-7-14(13-8-4-3-5-9-13)20(26)23-17-10-6-11-18-15(17)12-16(19(22)25)21(27)24-18/h3-5,8-9,12,14,17H,2,6-7,10-11H2,1H3,(H2,22,25)(H,23,26)(H,24,27). The van der Waals surface area contributed by atoms with Crippen molar-refractivity contribution in [2.45, 2.75) is 51.0 Å². The molecule has 0 bridgehead atoms. The van der Waals surface area contributed by atoms with Gasteiger partial charge in [0.1, 0.15) is 5.56 Å². The van der Waals surface area contributed by atoms with Gasteiger partial charge in [-0.1, -0.05) is 43.7 Å². The number of H-pyrrole nitrogens is 1. The van der Waals surface area contributed by atoms with Crippen LogP contribution in [0.15, 0.2) is 41.2 Å². The normalized spacial score (nSPS) is 17.0. The van der Waals surface area contributed by atoms with Gasteiger partial charge in [0.25, 0.3) is 11.5 Å². The second kappa shape index (κ2) is 8.20. The molecule has 2 unspecified atom stereocenters. The van der Waals surface area contributed by atoms with Gasteiger partial charge in [-0.3, -0.25) is 14.4 Å². The van der Waals surface area contributed by atoms with Gasteiger partial charge in [0.15, 0.2) is 0 Å². The molecule has 1 aromatic heterocycles. The molecule has 0 spiro atoms. The van der Waals surface area contributed by atoms with Crippen molar-refractivity contribution in [1.29, 1.82) is 0 Å². The second-order valence-corrected chi connectivity index (χ2v) is 7.02. The van der Waals surface area contributed by atoms with E-state index in [1.165, 1.54) is 6.07 Å². The first-order chi connectivity index (χ1) is 13.0. The number of amides is 2. The van der Waals surface area contributed by atoms with Gasteiger partial charge in [-0.2, -0.15) is 0 Å². The molecule has 142 valence electrons. The number of pyridine rings is 1. The number of hydrogen-bond acceptors (Lipinski definition) is 3. The van der Waals surface area contributed by atoms with Crippen molar-refractivity contribution in [2.75, 3.05) is 0 Å². The molecular weight excluding hydrogens is 342 g/mol. The van der Waals surface area contributed by atoms with E-state index in [0.29, 0.717) is 6.42 Å². The van der Waals surface area contributed by atoms with E-state index in [-0.39, 0.29) is 23.4 Å². The number of fused-ring (bicyclic) bond motifs is 1. The van der Waals surface area contributed by atoms with Crippen LogP contribution in [-0.2, 0) is 11.2 Å². The maximum absolute atomic E-state index is 13.0. The lowest BCUT2D eigenvalue weighted by molar-refractivity contribution is -0.123. The molecule has 6 heteroatoms. The summed E-state index contributed by atoms with van der Waals surface area (Å²) in [6.07, 6.45) is 3.98. The third-order valence-electron chi connectivity index (χ3n) is 5.13. The molecule has 4 N–H and O–H groups in total. The number of nitrogens with one attached hydrogen (secondary N) is 2. The van der Waals surface area contributed by atoms with E-state index >= 15 is 0 Å². The zero-order chi connectivity index (χ0) is 19.4. The molecule has 0 saturated heterocycles. The monoisotopic (exact) mass is 367 g/mol. The number of nitrogens with two attached hydrogens (primary N) is 1. The second-order valence-electron chi connectivity index (χ2n) is 7.02. The van der Waals surface area contributed by atoms with Gasteiger partial charge >= 0.3 is 0 Å². The summed E-state index contributed by atoms with van der Waals surface area (Å²) in [5.74, 6) is -1.02. The Balaban J connectivity index is 1.88. The summed E-state index contributed by atoms with van der Waals surface area (Å²) in [4.78, 5) is 39.3. The predicted octanol–water partition coefficient (Wildman–Crippen LogP) is 2.55. The van der Waals surface area contributed by atoms with Crippen molar-refractivity contribution < 1.29 is 9.59 Å². The van der Waals surface area contributed by atoms with E-state index in [9.17, 15) is 14.4 Å². The quantitative estimate of drug-likeness (QED) is 0.730. The predicted molar refractivity (Wildman–Crippen MR) is 103 cm³/mol. The third-order valence-corrected chi connectivity index (χ3v) is 5.13. The van der Waals surface area contributed by atoms with Gasteiger partial charge in [0.05, 0.1) is 12.0 Å². The fourth-order valence-electron chi connectivity index (χ4n) is 3.77. The number of benzene rings is 1. The molecule has 1 heterocycles. The number of aromatic amines is 1. The molecule has 6 nitrogen and oxygen atoms in total. The van der Waals surface area contributed by atoms with Crippen LogP contribution < -0.4 is 16.6 Å². The Morgan fingerprint density at radius 2 is 2.04 bits per heavy atom. The number of carbonyl (C=O) groups excluding carboxylic acids is 2.